The molecule has 162 valence electrons. The van der Waals surface area contributed by atoms with E-state index < -0.39 is 5.91 Å². The maximum absolute atomic E-state index is 12.5. The van der Waals surface area contributed by atoms with Crippen LogP contribution in [-0.4, -0.2) is 25.9 Å². The fourth-order valence-electron chi connectivity index (χ4n) is 2.97. The number of hydrogen-bond acceptors (Lipinski definition) is 6. The lowest BCUT2D eigenvalue weighted by molar-refractivity contribution is -0.117. The standard InChI is InChI=1S/C24H26N2O5/c1-3-5-10-29-20-8-6-17(12-22(20)28-4-2)11-19(14-25)24(27)26-15-18-7-9-21-23(13-18)31-16-30-21/h6-9,11-13H,3-5,10,15-16H2,1-2H3,(H,26,27)/b19-11+. The van der Waals surface area contributed by atoms with Gasteiger partial charge in [0.2, 0.25) is 6.79 Å². The van der Waals surface area contributed by atoms with Gasteiger partial charge in [0.05, 0.1) is 13.2 Å². The van der Waals surface area contributed by atoms with Gasteiger partial charge in [0.1, 0.15) is 11.6 Å². The van der Waals surface area contributed by atoms with Gasteiger partial charge in [0.15, 0.2) is 23.0 Å². The summed E-state index contributed by atoms with van der Waals surface area (Å²) in [5.41, 5.74) is 1.53. The number of rotatable bonds is 10. The first-order valence-corrected chi connectivity index (χ1v) is 10.3. The molecule has 0 bridgehead atoms. The van der Waals surface area contributed by atoms with Gasteiger partial charge in [-0.2, -0.15) is 5.26 Å². The van der Waals surface area contributed by atoms with Crippen molar-refractivity contribution in [2.45, 2.75) is 33.2 Å². The predicted molar refractivity (Wildman–Crippen MR) is 116 cm³/mol. The van der Waals surface area contributed by atoms with Gasteiger partial charge >= 0.3 is 0 Å². The number of nitrogens with zero attached hydrogens (tertiary/aromatic N) is 1. The van der Waals surface area contributed by atoms with Crippen molar-refractivity contribution < 1.29 is 23.7 Å². The number of amides is 1. The highest BCUT2D eigenvalue weighted by Gasteiger charge is 2.15. The first-order chi connectivity index (χ1) is 15.1. The lowest BCUT2D eigenvalue weighted by atomic mass is 10.1. The van der Waals surface area contributed by atoms with Crippen molar-refractivity contribution in [2.75, 3.05) is 20.0 Å². The third kappa shape index (κ3) is 5.92. The molecule has 0 saturated carbocycles. The SMILES string of the molecule is CCCCOc1ccc(/C=C(\C#N)C(=O)NCc2ccc3c(c2)OCO3)cc1OCC. The van der Waals surface area contributed by atoms with Gasteiger partial charge in [-0.1, -0.05) is 25.5 Å². The highest BCUT2D eigenvalue weighted by molar-refractivity contribution is 6.01. The minimum absolute atomic E-state index is 0.00263. The number of carbonyl (C=O) groups is 1. The molecule has 1 N–H and O–H groups in total. The van der Waals surface area contributed by atoms with Gasteiger partial charge in [0.25, 0.3) is 5.91 Å². The minimum atomic E-state index is -0.457. The molecule has 7 heteroatoms. The molecular weight excluding hydrogens is 396 g/mol. The lowest BCUT2D eigenvalue weighted by Crippen LogP contribution is -2.23. The van der Waals surface area contributed by atoms with E-state index in [1.165, 1.54) is 6.08 Å². The van der Waals surface area contributed by atoms with E-state index in [-0.39, 0.29) is 18.9 Å². The molecule has 31 heavy (non-hydrogen) atoms. The van der Waals surface area contributed by atoms with E-state index in [0.29, 0.717) is 41.8 Å². The third-order valence-corrected chi connectivity index (χ3v) is 4.59. The molecule has 3 rings (SSSR count). The van der Waals surface area contributed by atoms with E-state index in [2.05, 4.69) is 12.2 Å². The Morgan fingerprint density at radius 1 is 1.13 bits per heavy atom. The summed E-state index contributed by atoms with van der Waals surface area (Å²) >= 11 is 0. The highest BCUT2D eigenvalue weighted by atomic mass is 16.7. The number of benzene rings is 2. The zero-order valence-corrected chi connectivity index (χ0v) is 17.8. The second kappa shape index (κ2) is 10.9. The number of hydrogen-bond donors (Lipinski definition) is 1. The van der Waals surface area contributed by atoms with Crippen LogP contribution >= 0.6 is 0 Å². The summed E-state index contributed by atoms with van der Waals surface area (Å²) in [6, 6.07) is 12.8. The number of nitriles is 1. The summed E-state index contributed by atoms with van der Waals surface area (Å²) in [5, 5.41) is 12.2. The molecule has 2 aromatic carbocycles. The molecule has 1 amide bonds. The Hall–Kier alpha value is -3.66. The van der Waals surface area contributed by atoms with E-state index in [0.717, 1.165) is 18.4 Å². The second-order valence-corrected chi connectivity index (χ2v) is 6.88. The van der Waals surface area contributed by atoms with E-state index in [4.69, 9.17) is 18.9 Å². The molecule has 1 aliphatic rings. The quantitative estimate of drug-likeness (QED) is 0.350. The Morgan fingerprint density at radius 3 is 2.74 bits per heavy atom. The molecule has 0 aliphatic carbocycles. The third-order valence-electron chi connectivity index (χ3n) is 4.59. The summed E-state index contributed by atoms with van der Waals surface area (Å²) in [7, 11) is 0. The minimum Gasteiger partial charge on any atom is -0.490 e. The smallest absolute Gasteiger partial charge is 0.262 e. The maximum Gasteiger partial charge on any atom is 0.262 e. The Morgan fingerprint density at radius 2 is 1.97 bits per heavy atom. The molecule has 0 fully saturated rings. The van der Waals surface area contributed by atoms with Crippen LogP contribution in [0, 0.1) is 11.3 Å². The molecule has 0 spiro atoms. The largest absolute Gasteiger partial charge is 0.490 e. The summed E-state index contributed by atoms with van der Waals surface area (Å²) in [5.74, 6) is 2.11. The Bertz CT molecular complexity index is 994. The Labute approximate surface area is 182 Å². The van der Waals surface area contributed by atoms with Crippen LogP contribution in [0.4, 0.5) is 0 Å². The fraction of sp³-hybridized carbons (Fsp3) is 0.333. The van der Waals surface area contributed by atoms with Gasteiger partial charge in [-0.05, 0) is 54.8 Å². The van der Waals surface area contributed by atoms with Crippen LogP contribution in [0.5, 0.6) is 23.0 Å². The fourth-order valence-corrected chi connectivity index (χ4v) is 2.97. The number of unbranched alkanes of at least 4 members (excludes halogenated alkanes) is 1. The van der Waals surface area contributed by atoms with Gasteiger partial charge in [0, 0.05) is 6.54 Å². The van der Waals surface area contributed by atoms with Crippen molar-refractivity contribution >= 4 is 12.0 Å². The second-order valence-electron chi connectivity index (χ2n) is 6.88. The molecule has 2 aromatic rings. The number of ether oxygens (including phenoxy) is 4. The monoisotopic (exact) mass is 422 g/mol. The average Bonchev–Trinajstić information content (AvgIpc) is 3.25. The van der Waals surface area contributed by atoms with E-state index in [1.54, 1.807) is 24.3 Å². The zero-order chi connectivity index (χ0) is 22.1. The summed E-state index contributed by atoms with van der Waals surface area (Å²) < 4.78 is 22.1. The van der Waals surface area contributed by atoms with Crippen molar-refractivity contribution in [1.82, 2.24) is 5.32 Å². The van der Waals surface area contributed by atoms with E-state index in [9.17, 15) is 10.1 Å². The van der Waals surface area contributed by atoms with Crippen LogP contribution in [0.25, 0.3) is 6.08 Å². The molecule has 0 saturated heterocycles. The van der Waals surface area contributed by atoms with Gasteiger partial charge in [-0.3, -0.25) is 4.79 Å². The van der Waals surface area contributed by atoms with Crippen molar-refractivity contribution in [3.63, 3.8) is 0 Å². The summed E-state index contributed by atoms with van der Waals surface area (Å²) in [6.45, 7) is 5.54. The van der Waals surface area contributed by atoms with Crippen LogP contribution in [0.15, 0.2) is 42.0 Å². The number of nitrogens with one attached hydrogen (secondary N) is 1. The average molecular weight is 422 g/mol. The maximum atomic E-state index is 12.5. The van der Waals surface area contributed by atoms with E-state index >= 15 is 0 Å². The molecule has 7 nitrogen and oxygen atoms in total. The van der Waals surface area contributed by atoms with Gasteiger partial charge in [-0.15, -0.1) is 0 Å². The topological polar surface area (TPSA) is 89.8 Å². The van der Waals surface area contributed by atoms with Crippen LogP contribution in [0.3, 0.4) is 0 Å². The first-order valence-electron chi connectivity index (χ1n) is 10.3. The molecule has 0 atom stereocenters. The molecule has 0 aromatic heterocycles. The number of carbonyl (C=O) groups excluding carboxylic acids is 1. The highest BCUT2D eigenvalue weighted by Crippen LogP contribution is 2.32. The van der Waals surface area contributed by atoms with Crippen molar-refractivity contribution in [3.05, 3.63) is 53.1 Å². The Kier molecular flexibility index (Phi) is 7.77. The first kappa shape index (κ1) is 22.0. The normalized spacial score (nSPS) is 12.2. The van der Waals surface area contributed by atoms with Crippen molar-refractivity contribution in [1.29, 1.82) is 5.26 Å². The molecule has 0 radical (unpaired) electrons. The van der Waals surface area contributed by atoms with E-state index in [1.807, 2.05) is 25.1 Å². The number of fused-ring (bicyclic) bond motifs is 1. The lowest BCUT2D eigenvalue weighted by Gasteiger charge is -2.12. The van der Waals surface area contributed by atoms with Gasteiger partial charge in [-0.25, -0.2) is 0 Å². The molecular formula is C24H26N2O5. The van der Waals surface area contributed by atoms with Crippen LogP contribution < -0.4 is 24.3 Å². The molecule has 1 heterocycles. The zero-order valence-electron chi connectivity index (χ0n) is 17.8. The van der Waals surface area contributed by atoms with Gasteiger partial charge < -0.3 is 24.3 Å². The van der Waals surface area contributed by atoms with Crippen LogP contribution in [0.1, 0.15) is 37.8 Å². The summed E-state index contributed by atoms with van der Waals surface area (Å²) in [4.78, 5) is 12.5. The van der Waals surface area contributed by atoms with Crippen LogP contribution in [-0.2, 0) is 11.3 Å². The molecule has 0 unspecified atom stereocenters. The van der Waals surface area contributed by atoms with Crippen molar-refractivity contribution in [3.8, 4) is 29.1 Å². The predicted octanol–water partition coefficient (Wildman–Crippen LogP) is 4.22. The van der Waals surface area contributed by atoms with Crippen molar-refractivity contribution in [2.24, 2.45) is 0 Å². The Balaban J connectivity index is 1.68. The summed E-state index contributed by atoms with van der Waals surface area (Å²) in [6.07, 6.45) is 3.53. The van der Waals surface area contributed by atoms with Crippen LogP contribution in [0.2, 0.25) is 0 Å². The molecule has 1 aliphatic heterocycles.